The first kappa shape index (κ1) is 40.4. The number of carbonyl (C=O) groups excluding carboxylic acids is 3. The Morgan fingerprint density at radius 1 is 0.719 bits per heavy atom. The molecule has 3 aromatic carbocycles. The van der Waals surface area contributed by atoms with Crippen molar-refractivity contribution in [2.24, 2.45) is 17.2 Å². The van der Waals surface area contributed by atoms with Gasteiger partial charge in [0.1, 0.15) is 29.2 Å². The SMILES string of the molecule is COc1cc(-c2c3n(c4c(=O)oc5cc(OC(=O)[C@@H](N)CO)c(OC)cc5c24)CCc2c-3cc(OC)c(OC)c2OC(=O)[C@@H](N)CO)ccc1OC(=O)[C@@H](N)CO. The van der Waals surface area contributed by atoms with Crippen LogP contribution in [0.3, 0.4) is 0 Å². The number of aryl methyl sites for hydroxylation is 1. The van der Waals surface area contributed by atoms with Gasteiger partial charge in [-0.05, 0) is 36.2 Å². The Labute approximate surface area is 322 Å². The third-order valence-corrected chi connectivity index (χ3v) is 9.34. The number of carbonyl (C=O) groups is 3. The van der Waals surface area contributed by atoms with E-state index in [4.69, 9.17) is 54.8 Å². The molecule has 19 heteroatoms. The summed E-state index contributed by atoms with van der Waals surface area (Å²) >= 11 is 0. The number of aromatic nitrogens is 1. The first-order valence-corrected chi connectivity index (χ1v) is 17.3. The van der Waals surface area contributed by atoms with Crippen LogP contribution in [0.5, 0.6) is 40.2 Å². The van der Waals surface area contributed by atoms with Gasteiger partial charge in [0.25, 0.3) is 0 Å². The van der Waals surface area contributed by atoms with E-state index in [2.05, 4.69) is 0 Å². The molecule has 0 saturated heterocycles. The molecule has 0 spiro atoms. The minimum Gasteiger partial charge on any atom is -0.493 e. The average molecular weight is 793 g/mol. The van der Waals surface area contributed by atoms with Gasteiger partial charge in [0.05, 0.1) is 54.0 Å². The van der Waals surface area contributed by atoms with Crippen LogP contribution in [0.1, 0.15) is 5.56 Å². The molecule has 2 aromatic heterocycles. The predicted octanol–water partition coefficient (Wildman–Crippen LogP) is 0.347. The number of nitrogens with two attached hydrogens (primary N) is 3. The van der Waals surface area contributed by atoms with Gasteiger partial charge in [0, 0.05) is 40.1 Å². The lowest BCUT2D eigenvalue weighted by Crippen LogP contribution is -2.37. The molecule has 0 radical (unpaired) electrons. The Bertz CT molecular complexity index is 2460. The molecular formula is C38H40N4O15. The van der Waals surface area contributed by atoms with E-state index in [0.717, 1.165) is 0 Å². The van der Waals surface area contributed by atoms with Gasteiger partial charge in [0.2, 0.25) is 5.75 Å². The second kappa shape index (κ2) is 16.5. The van der Waals surface area contributed by atoms with Crippen molar-refractivity contribution < 1.29 is 67.3 Å². The molecule has 6 rings (SSSR count). The molecule has 19 nitrogen and oxygen atoms in total. The van der Waals surface area contributed by atoms with Crippen LogP contribution in [0.25, 0.3) is 44.3 Å². The van der Waals surface area contributed by atoms with Gasteiger partial charge >= 0.3 is 23.5 Å². The number of rotatable bonds is 14. The highest BCUT2D eigenvalue weighted by atomic mass is 16.6. The quantitative estimate of drug-likeness (QED) is 0.0502. The van der Waals surface area contributed by atoms with Crippen LogP contribution in [0.4, 0.5) is 0 Å². The second-order valence-corrected chi connectivity index (χ2v) is 12.7. The molecule has 0 aliphatic carbocycles. The van der Waals surface area contributed by atoms with Crippen LogP contribution < -0.4 is 56.0 Å². The van der Waals surface area contributed by atoms with Crippen LogP contribution in [0.2, 0.25) is 0 Å². The maximum atomic E-state index is 14.2. The summed E-state index contributed by atoms with van der Waals surface area (Å²) in [6, 6.07) is 5.00. The minimum atomic E-state index is -1.37. The predicted molar refractivity (Wildman–Crippen MR) is 201 cm³/mol. The molecule has 9 N–H and O–H groups in total. The Hall–Kier alpha value is -6.22. The fraction of sp³-hybridized carbons (Fsp3) is 0.316. The van der Waals surface area contributed by atoms with E-state index in [1.54, 1.807) is 22.8 Å². The number of benzene rings is 3. The van der Waals surface area contributed by atoms with Crippen molar-refractivity contribution in [2.45, 2.75) is 31.1 Å². The lowest BCUT2D eigenvalue weighted by molar-refractivity contribution is -0.137. The van der Waals surface area contributed by atoms with Crippen molar-refractivity contribution >= 4 is 39.8 Å². The number of aliphatic hydroxyl groups is 3. The van der Waals surface area contributed by atoms with Crippen LogP contribution in [-0.4, -0.2) is 104 Å². The maximum Gasteiger partial charge on any atom is 0.361 e. The first-order valence-electron chi connectivity index (χ1n) is 17.3. The zero-order valence-corrected chi connectivity index (χ0v) is 31.2. The lowest BCUT2D eigenvalue weighted by atomic mass is 9.91. The topological polar surface area (TPSA) is 290 Å². The Morgan fingerprint density at radius 3 is 1.88 bits per heavy atom. The van der Waals surface area contributed by atoms with E-state index >= 15 is 0 Å². The van der Waals surface area contributed by atoms with Crippen molar-refractivity contribution in [3.05, 3.63) is 52.4 Å². The third kappa shape index (κ3) is 7.18. The first-order chi connectivity index (χ1) is 27.3. The summed E-state index contributed by atoms with van der Waals surface area (Å²) in [4.78, 5) is 52.3. The normalized spacial score (nSPS) is 13.6. The molecule has 0 fully saturated rings. The number of nitrogens with zero attached hydrogens (tertiary/aromatic N) is 1. The number of fused-ring (bicyclic) bond motifs is 7. The number of ether oxygens (including phenoxy) is 7. The molecule has 0 saturated carbocycles. The highest BCUT2D eigenvalue weighted by Crippen LogP contribution is 2.53. The zero-order valence-electron chi connectivity index (χ0n) is 31.2. The highest BCUT2D eigenvalue weighted by molar-refractivity contribution is 6.17. The van der Waals surface area contributed by atoms with Crippen molar-refractivity contribution in [3.8, 4) is 62.6 Å². The van der Waals surface area contributed by atoms with Crippen molar-refractivity contribution in [1.82, 2.24) is 4.57 Å². The monoisotopic (exact) mass is 792 g/mol. The molecule has 5 aromatic rings. The summed E-state index contributed by atoms with van der Waals surface area (Å²) in [7, 11) is 5.43. The molecule has 57 heavy (non-hydrogen) atoms. The summed E-state index contributed by atoms with van der Waals surface area (Å²) in [5.74, 6) is -2.66. The molecule has 0 unspecified atom stereocenters. The number of hydrogen-bond donors (Lipinski definition) is 6. The van der Waals surface area contributed by atoms with Gasteiger partial charge in [0.15, 0.2) is 34.5 Å². The van der Waals surface area contributed by atoms with E-state index < -0.39 is 61.5 Å². The molecule has 3 atom stereocenters. The van der Waals surface area contributed by atoms with Gasteiger partial charge in [-0.1, -0.05) is 6.07 Å². The van der Waals surface area contributed by atoms with Crippen LogP contribution in [0, 0.1) is 0 Å². The summed E-state index contributed by atoms with van der Waals surface area (Å²) in [5, 5.41) is 29.0. The van der Waals surface area contributed by atoms with Gasteiger partial charge in [-0.2, -0.15) is 0 Å². The van der Waals surface area contributed by atoms with Crippen molar-refractivity contribution in [2.75, 3.05) is 48.3 Å². The number of methoxy groups -OCH3 is 4. The second-order valence-electron chi connectivity index (χ2n) is 12.7. The van der Waals surface area contributed by atoms with Crippen molar-refractivity contribution in [3.63, 3.8) is 0 Å². The van der Waals surface area contributed by atoms with E-state index in [-0.39, 0.29) is 64.3 Å². The Balaban J connectivity index is 1.73. The van der Waals surface area contributed by atoms with E-state index in [9.17, 15) is 34.5 Å². The van der Waals surface area contributed by atoms with E-state index in [0.29, 0.717) is 38.7 Å². The average Bonchev–Trinajstić information content (AvgIpc) is 3.58. The molecule has 3 heterocycles. The fourth-order valence-electron chi connectivity index (χ4n) is 6.55. The maximum absolute atomic E-state index is 14.2. The molecule has 1 aliphatic rings. The molecule has 302 valence electrons. The van der Waals surface area contributed by atoms with Gasteiger partial charge in [-0.3, -0.25) is 0 Å². The minimum absolute atomic E-state index is 0.0191. The summed E-state index contributed by atoms with van der Waals surface area (Å²) < 4.78 is 46.8. The van der Waals surface area contributed by atoms with Gasteiger partial charge in [-0.25, -0.2) is 19.2 Å². The fourth-order valence-corrected chi connectivity index (χ4v) is 6.55. The largest absolute Gasteiger partial charge is 0.493 e. The van der Waals surface area contributed by atoms with E-state index in [1.807, 2.05) is 0 Å². The van der Waals surface area contributed by atoms with E-state index in [1.165, 1.54) is 46.6 Å². The summed E-state index contributed by atoms with van der Waals surface area (Å²) in [5.41, 5.74) is 18.7. The van der Waals surface area contributed by atoms with Gasteiger partial charge < -0.3 is 74.7 Å². The molecular weight excluding hydrogens is 752 g/mol. The zero-order chi connectivity index (χ0) is 41.3. The summed E-state index contributed by atoms with van der Waals surface area (Å²) in [6.45, 7) is -1.90. The Kier molecular flexibility index (Phi) is 11.7. The smallest absolute Gasteiger partial charge is 0.361 e. The lowest BCUT2D eigenvalue weighted by Gasteiger charge is -2.26. The molecule has 0 amide bonds. The van der Waals surface area contributed by atoms with Crippen LogP contribution in [0.15, 0.2) is 45.6 Å². The van der Waals surface area contributed by atoms with Crippen LogP contribution in [-0.2, 0) is 27.3 Å². The molecule has 0 bridgehead atoms. The third-order valence-electron chi connectivity index (χ3n) is 9.34. The standard InChI is InChI=1S/C38H40N4O15/c1-50-25-9-16(5-6-23(25)54-35(46)20(39)13-43)29-30-19-11-26(51-2)27(56-36(47)21(40)14-44)12-24(19)55-38(49)32(30)42-8-7-17-18(31(29)42)10-28(52-3)34(53-4)33(17)57-37(48)22(41)15-45/h5-6,9-12,20-22,43-45H,7-8,13-15,39-41H2,1-4H3/t20-,21-,22-/m0/s1. The van der Waals surface area contributed by atoms with Crippen molar-refractivity contribution in [1.29, 1.82) is 0 Å². The van der Waals surface area contributed by atoms with Crippen LogP contribution >= 0.6 is 0 Å². The number of hydrogen-bond acceptors (Lipinski definition) is 18. The number of aliphatic hydroxyl groups excluding tert-OH is 3. The Morgan fingerprint density at radius 2 is 1.30 bits per heavy atom. The summed E-state index contributed by atoms with van der Waals surface area (Å²) in [6.07, 6.45) is 0.188. The molecule has 1 aliphatic heterocycles. The highest BCUT2D eigenvalue weighted by Gasteiger charge is 2.35. The number of esters is 3. The van der Waals surface area contributed by atoms with Gasteiger partial charge in [-0.15, -0.1) is 0 Å².